The summed E-state index contributed by atoms with van der Waals surface area (Å²) in [6, 6.07) is 8.30. The molecule has 7 nitrogen and oxygen atoms in total. The van der Waals surface area contributed by atoms with Crippen molar-refractivity contribution in [3.05, 3.63) is 35.9 Å². The van der Waals surface area contributed by atoms with Crippen molar-refractivity contribution in [2.75, 3.05) is 0 Å². The van der Waals surface area contributed by atoms with Crippen LogP contribution in [0.3, 0.4) is 0 Å². The SMILES string of the molecule is CCCCCCCCC1(CC(=O)OCc2ccccc2)C(=O)NC(=O)NC1=O. The van der Waals surface area contributed by atoms with Gasteiger partial charge in [-0.25, -0.2) is 4.79 Å². The van der Waals surface area contributed by atoms with E-state index in [-0.39, 0.29) is 19.4 Å². The molecule has 2 N–H and O–H groups in total. The summed E-state index contributed by atoms with van der Waals surface area (Å²) >= 11 is 0. The molecule has 1 saturated heterocycles. The number of urea groups is 1. The number of ether oxygens (including phenoxy) is 1. The van der Waals surface area contributed by atoms with Crippen molar-refractivity contribution in [1.29, 1.82) is 0 Å². The number of barbiturate groups is 1. The van der Waals surface area contributed by atoms with Crippen LogP contribution in [-0.4, -0.2) is 23.8 Å². The van der Waals surface area contributed by atoms with E-state index in [2.05, 4.69) is 17.6 Å². The Morgan fingerprint density at radius 1 is 0.929 bits per heavy atom. The quantitative estimate of drug-likeness (QED) is 0.344. The van der Waals surface area contributed by atoms with Crippen molar-refractivity contribution in [1.82, 2.24) is 10.6 Å². The van der Waals surface area contributed by atoms with E-state index in [1.165, 1.54) is 0 Å². The van der Waals surface area contributed by atoms with E-state index in [4.69, 9.17) is 4.74 Å². The van der Waals surface area contributed by atoms with Crippen molar-refractivity contribution in [3.8, 4) is 0 Å². The number of amides is 4. The highest BCUT2D eigenvalue weighted by Gasteiger charge is 2.51. The maximum Gasteiger partial charge on any atom is 0.328 e. The molecule has 0 saturated carbocycles. The number of carbonyl (C=O) groups excluding carboxylic acids is 4. The van der Waals surface area contributed by atoms with Crippen molar-refractivity contribution < 1.29 is 23.9 Å². The Bertz CT molecular complexity index is 682. The third-order valence-corrected chi connectivity index (χ3v) is 4.97. The highest BCUT2D eigenvalue weighted by atomic mass is 16.5. The van der Waals surface area contributed by atoms with Crippen molar-refractivity contribution in [3.63, 3.8) is 0 Å². The fourth-order valence-electron chi connectivity index (χ4n) is 3.30. The van der Waals surface area contributed by atoms with Crippen LogP contribution in [0.15, 0.2) is 30.3 Å². The first-order valence-electron chi connectivity index (χ1n) is 9.84. The summed E-state index contributed by atoms with van der Waals surface area (Å²) in [5.74, 6) is -2.10. The van der Waals surface area contributed by atoms with Crippen LogP contribution in [-0.2, 0) is 25.7 Å². The molecular formula is C21H28N2O5. The first kappa shape index (κ1) is 21.6. The first-order valence-corrected chi connectivity index (χ1v) is 9.84. The van der Waals surface area contributed by atoms with Crippen LogP contribution < -0.4 is 10.6 Å². The molecule has 1 aliphatic heterocycles. The van der Waals surface area contributed by atoms with E-state index in [1.807, 2.05) is 30.3 Å². The molecule has 1 aliphatic rings. The van der Waals surface area contributed by atoms with Crippen LogP contribution in [0.2, 0.25) is 0 Å². The second kappa shape index (κ2) is 10.6. The minimum absolute atomic E-state index is 0.0644. The monoisotopic (exact) mass is 388 g/mol. The molecule has 0 aliphatic carbocycles. The van der Waals surface area contributed by atoms with Gasteiger partial charge in [0.05, 0.1) is 6.42 Å². The molecule has 1 aromatic carbocycles. The smallest absolute Gasteiger partial charge is 0.328 e. The van der Waals surface area contributed by atoms with Crippen LogP contribution in [0.4, 0.5) is 4.79 Å². The molecule has 152 valence electrons. The number of rotatable bonds is 11. The van der Waals surface area contributed by atoms with E-state index in [0.717, 1.165) is 37.7 Å². The molecule has 0 aromatic heterocycles. The third kappa shape index (κ3) is 5.90. The molecule has 7 heteroatoms. The van der Waals surface area contributed by atoms with Crippen LogP contribution in [0.25, 0.3) is 0 Å². The molecule has 0 bridgehead atoms. The normalized spacial score (nSPS) is 15.7. The number of benzene rings is 1. The second-order valence-electron chi connectivity index (χ2n) is 7.16. The number of carbonyl (C=O) groups is 4. The van der Waals surface area contributed by atoms with E-state index in [0.29, 0.717) is 6.42 Å². The fraction of sp³-hybridized carbons (Fsp3) is 0.524. The Hall–Kier alpha value is -2.70. The molecule has 0 unspecified atom stereocenters. The topological polar surface area (TPSA) is 102 Å². The zero-order valence-electron chi connectivity index (χ0n) is 16.3. The van der Waals surface area contributed by atoms with Gasteiger partial charge in [-0.05, 0) is 12.0 Å². The van der Waals surface area contributed by atoms with Crippen LogP contribution in [0.1, 0.15) is 63.9 Å². The molecular weight excluding hydrogens is 360 g/mol. The lowest BCUT2D eigenvalue weighted by molar-refractivity contribution is -0.157. The minimum atomic E-state index is -1.60. The van der Waals surface area contributed by atoms with E-state index >= 15 is 0 Å². The largest absolute Gasteiger partial charge is 0.461 e. The zero-order valence-corrected chi connectivity index (χ0v) is 16.3. The lowest BCUT2D eigenvalue weighted by Gasteiger charge is -2.33. The summed E-state index contributed by atoms with van der Waals surface area (Å²) in [6.07, 6.45) is 5.66. The molecule has 0 spiro atoms. The Kier molecular flexibility index (Phi) is 8.17. The van der Waals surface area contributed by atoms with Crippen LogP contribution in [0.5, 0.6) is 0 Å². The highest BCUT2D eigenvalue weighted by Crippen LogP contribution is 2.33. The standard InChI is InChI=1S/C21H28N2O5/c1-2-3-4-5-6-10-13-21(18(25)22-20(27)23-19(21)26)14-17(24)28-15-16-11-8-7-9-12-16/h7-9,11-12H,2-6,10,13-15H2,1H3,(H2,22,23,25,26,27). The summed E-state index contributed by atoms with van der Waals surface area (Å²) in [7, 11) is 0. The van der Waals surface area contributed by atoms with E-state index in [1.54, 1.807) is 0 Å². The van der Waals surface area contributed by atoms with Crippen molar-refractivity contribution in [2.24, 2.45) is 5.41 Å². The number of nitrogens with one attached hydrogen (secondary N) is 2. The lowest BCUT2D eigenvalue weighted by atomic mass is 9.76. The van der Waals surface area contributed by atoms with Gasteiger partial charge in [-0.3, -0.25) is 25.0 Å². The van der Waals surface area contributed by atoms with Gasteiger partial charge in [0, 0.05) is 0 Å². The Morgan fingerprint density at radius 2 is 1.54 bits per heavy atom. The van der Waals surface area contributed by atoms with E-state index < -0.39 is 29.2 Å². The van der Waals surface area contributed by atoms with Gasteiger partial charge in [0.2, 0.25) is 11.8 Å². The molecule has 4 amide bonds. The highest BCUT2D eigenvalue weighted by molar-refractivity contribution is 6.20. The average molecular weight is 388 g/mol. The van der Waals surface area contributed by atoms with Gasteiger partial charge in [-0.15, -0.1) is 0 Å². The first-order chi connectivity index (χ1) is 13.5. The number of esters is 1. The van der Waals surface area contributed by atoms with Gasteiger partial charge >= 0.3 is 12.0 Å². The predicted molar refractivity (Wildman–Crippen MR) is 103 cm³/mol. The molecule has 0 radical (unpaired) electrons. The molecule has 28 heavy (non-hydrogen) atoms. The predicted octanol–water partition coefficient (Wildman–Crippen LogP) is 3.22. The van der Waals surface area contributed by atoms with Crippen LogP contribution >= 0.6 is 0 Å². The molecule has 0 atom stereocenters. The number of unbranched alkanes of at least 4 members (excludes halogenated alkanes) is 5. The summed E-state index contributed by atoms with van der Waals surface area (Å²) in [5, 5.41) is 4.25. The lowest BCUT2D eigenvalue weighted by Crippen LogP contribution is -2.63. The minimum Gasteiger partial charge on any atom is -0.461 e. The maximum atomic E-state index is 12.5. The molecule has 1 aromatic rings. The summed E-state index contributed by atoms with van der Waals surface area (Å²) in [5.41, 5.74) is -0.791. The van der Waals surface area contributed by atoms with Crippen molar-refractivity contribution in [2.45, 2.75) is 64.9 Å². The molecule has 1 fully saturated rings. The zero-order chi connectivity index (χ0) is 20.4. The Morgan fingerprint density at radius 3 is 2.18 bits per heavy atom. The Balaban J connectivity index is 1.99. The molecule has 1 heterocycles. The maximum absolute atomic E-state index is 12.5. The number of imide groups is 2. The molecule has 2 rings (SSSR count). The van der Waals surface area contributed by atoms with E-state index in [9.17, 15) is 19.2 Å². The number of hydrogen-bond donors (Lipinski definition) is 2. The third-order valence-electron chi connectivity index (χ3n) is 4.97. The summed E-state index contributed by atoms with van der Waals surface area (Å²) in [4.78, 5) is 48.8. The van der Waals surface area contributed by atoms with Crippen LogP contribution in [0, 0.1) is 5.41 Å². The Labute approximate surface area is 165 Å². The summed E-state index contributed by atoms with van der Waals surface area (Å²) in [6.45, 7) is 2.19. The van der Waals surface area contributed by atoms with Gasteiger partial charge in [0.15, 0.2) is 0 Å². The van der Waals surface area contributed by atoms with Gasteiger partial charge in [0.25, 0.3) is 0 Å². The van der Waals surface area contributed by atoms with Gasteiger partial charge in [-0.1, -0.05) is 75.8 Å². The average Bonchev–Trinajstić information content (AvgIpc) is 2.67. The van der Waals surface area contributed by atoms with Gasteiger partial charge in [0.1, 0.15) is 12.0 Å². The van der Waals surface area contributed by atoms with Gasteiger partial charge in [-0.2, -0.15) is 0 Å². The fourth-order valence-corrected chi connectivity index (χ4v) is 3.30. The van der Waals surface area contributed by atoms with Gasteiger partial charge < -0.3 is 4.74 Å². The second-order valence-corrected chi connectivity index (χ2v) is 7.16. The van der Waals surface area contributed by atoms with Crippen molar-refractivity contribution >= 4 is 23.8 Å². The summed E-state index contributed by atoms with van der Waals surface area (Å²) < 4.78 is 5.25. The number of hydrogen-bond acceptors (Lipinski definition) is 5.